The molecule has 0 aliphatic rings. The third kappa shape index (κ3) is 3.52. The molecule has 9 heteroatoms. The van der Waals surface area contributed by atoms with E-state index < -0.39 is 44.3 Å². The van der Waals surface area contributed by atoms with Crippen molar-refractivity contribution in [2.24, 2.45) is 0 Å². The average molecular weight is 305 g/mol. The normalized spacial score (nSPS) is 12.8. The first-order valence-electron chi connectivity index (χ1n) is 5.32. The van der Waals surface area contributed by atoms with Crippen LogP contribution in [0, 0.1) is 5.82 Å². The van der Waals surface area contributed by atoms with Gasteiger partial charge in [0.1, 0.15) is 11.9 Å². The third-order valence-electron chi connectivity index (χ3n) is 2.34. The van der Waals surface area contributed by atoms with E-state index in [-0.39, 0.29) is 0 Å². The van der Waals surface area contributed by atoms with Crippen LogP contribution in [-0.2, 0) is 19.6 Å². The summed E-state index contributed by atoms with van der Waals surface area (Å²) in [7, 11) is -3.29. The van der Waals surface area contributed by atoms with Gasteiger partial charge < -0.3 is 9.84 Å². The Kier molecular flexibility index (Phi) is 4.79. The number of carboxylic acids is 1. The molecule has 0 aliphatic carbocycles. The van der Waals surface area contributed by atoms with Crippen molar-refractivity contribution in [3.05, 3.63) is 29.6 Å². The summed E-state index contributed by atoms with van der Waals surface area (Å²) in [5.74, 6) is -3.27. The van der Waals surface area contributed by atoms with Gasteiger partial charge in [0, 0.05) is 0 Å². The third-order valence-corrected chi connectivity index (χ3v) is 3.94. The van der Waals surface area contributed by atoms with Crippen LogP contribution in [0.5, 0.6) is 0 Å². The summed E-state index contributed by atoms with van der Waals surface area (Å²) in [6.07, 6.45) is 0. The summed E-state index contributed by atoms with van der Waals surface area (Å²) < 4.78 is 43.3. The molecule has 1 atom stereocenters. The number of sulfonamides is 1. The van der Waals surface area contributed by atoms with Gasteiger partial charge >= 0.3 is 11.9 Å². The van der Waals surface area contributed by atoms with Crippen LogP contribution in [0.1, 0.15) is 17.3 Å². The Morgan fingerprint density at radius 2 is 2.00 bits per heavy atom. The maximum atomic E-state index is 13.1. The lowest BCUT2D eigenvalue weighted by Crippen LogP contribution is -2.38. The lowest BCUT2D eigenvalue weighted by atomic mass is 10.2. The Hall–Kier alpha value is -2.00. The highest BCUT2D eigenvalue weighted by atomic mass is 32.2. The van der Waals surface area contributed by atoms with Gasteiger partial charge in [0.2, 0.25) is 10.0 Å². The fraction of sp³-hybridized carbons (Fsp3) is 0.273. The van der Waals surface area contributed by atoms with E-state index in [4.69, 9.17) is 5.11 Å². The molecule has 1 unspecified atom stereocenters. The number of halogens is 1. The Labute approximate surface area is 114 Å². The number of hydrogen-bond acceptors (Lipinski definition) is 5. The van der Waals surface area contributed by atoms with Crippen LogP contribution in [0.3, 0.4) is 0 Å². The zero-order valence-corrected chi connectivity index (χ0v) is 11.4. The molecule has 1 aromatic rings. The molecular weight excluding hydrogens is 293 g/mol. The number of hydrogen-bond donors (Lipinski definition) is 2. The van der Waals surface area contributed by atoms with Gasteiger partial charge in [-0.05, 0) is 25.1 Å². The van der Waals surface area contributed by atoms with Gasteiger partial charge in [-0.25, -0.2) is 17.6 Å². The Bertz CT molecular complexity index is 642. The predicted molar refractivity (Wildman–Crippen MR) is 65.2 cm³/mol. The van der Waals surface area contributed by atoms with Gasteiger partial charge in [-0.3, -0.25) is 4.79 Å². The number of carbonyl (C=O) groups excluding carboxylic acids is 1. The van der Waals surface area contributed by atoms with Gasteiger partial charge in [-0.1, -0.05) is 0 Å². The molecule has 0 amide bonds. The summed E-state index contributed by atoms with van der Waals surface area (Å²) in [6.45, 7) is 1.11. The van der Waals surface area contributed by atoms with Crippen molar-refractivity contribution in [2.45, 2.75) is 17.9 Å². The van der Waals surface area contributed by atoms with Crippen LogP contribution >= 0.6 is 0 Å². The Morgan fingerprint density at radius 3 is 2.50 bits per heavy atom. The summed E-state index contributed by atoms with van der Waals surface area (Å²) in [4.78, 5) is 21.6. The van der Waals surface area contributed by atoms with E-state index in [1.807, 2.05) is 4.72 Å². The van der Waals surface area contributed by atoms with E-state index in [0.29, 0.717) is 6.07 Å². The van der Waals surface area contributed by atoms with E-state index in [1.54, 1.807) is 0 Å². The molecule has 0 spiro atoms. The minimum atomic E-state index is -4.31. The molecule has 0 aromatic heterocycles. The van der Waals surface area contributed by atoms with E-state index in [1.165, 1.54) is 0 Å². The van der Waals surface area contributed by atoms with Crippen molar-refractivity contribution in [1.82, 2.24) is 4.72 Å². The van der Waals surface area contributed by atoms with Crippen LogP contribution in [0.2, 0.25) is 0 Å². The maximum Gasteiger partial charge on any atom is 0.339 e. The number of aliphatic carboxylic acids is 1. The molecule has 0 bridgehead atoms. The highest BCUT2D eigenvalue weighted by molar-refractivity contribution is 7.89. The van der Waals surface area contributed by atoms with Crippen molar-refractivity contribution in [2.75, 3.05) is 7.11 Å². The Morgan fingerprint density at radius 1 is 1.40 bits per heavy atom. The predicted octanol–water partition coefficient (Wildman–Crippen LogP) is 0.364. The molecule has 1 rings (SSSR count). The highest BCUT2D eigenvalue weighted by Crippen LogP contribution is 2.18. The highest BCUT2D eigenvalue weighted by Gasteiger charge is 2.27. The molecule has 110 valence electrons. The van der Waals surface area contributed by atoms with Gasteiger partial charge in [-0.15, -0.1) is 0 Å². The first kappa shape index (κ1) is 16.1. The molecular formula is C11H12FNO6S. The standard InChI is InChI=1S/C11H12FNO6S/c1-6(10(14)15)13-20(17,18)9-4-3-7(12)5-8(9)11(16)19-2/h3-6,13H,1-2H3,(H,14,15). The second-order valence-electron chi connectivity index (χ2n) is 3.81. The molecule has 0 saturated heterocycles. The number of rotatable bonds is 5. The molecule has 7 nitrogen and oxygen atoms in total. The van der Waals surface area contributed by atoms with Crippen molar-refractivity contribution in [3.63, 3.8) is 0 Å². The van der Waals surface area contributed by atoms with E-state index in [0.717, 1.165) is 26.2 Å². The fourth-order valence-electron chi connectivity index (χ4n) is 1.35. The molecule has 0 fully saturated rings. The van der Waals surface area contributed by atoms with E-state index >= 15 is 0 Å². The van der Waals surface area contributed by atoms with Crippen LogP contribution in [0.15, 0.2) is 23.1 Å². The van der Waals surface area contributed by atoms with Crippen molar-refractivity contribution in [1.29, 1.82) is 0 Å². The van der Waals surface area contributed by atoms with Gasteiger partial charge in [-0.2, -0.15) is 4.72 Å². The first-order valence-corrected chi connectivity index (χ1v) is 6.80. The van der Waals surface area contributed by atoms with Gasteiger partial charge in [0.15, 0.2) is 0 Å². The summed E-state index contributed by atoms with van der Waals surface area (Å²) >= 11 is 0. The fourth-order valence-corrected chi connectivity index (χ4v) is 2.72. The molecule has 0 saturated carbocycles. The lowest BCUT2D eigenvalue weighted by Gasteiger charge is -2.12. The number of ether oxygens (including phenoxy) is 1. The molecule has 20 heavy (non-hydrogen) atoms. The summed E-state index contributed by atoms with van der Waals surface area (Å²) in [5.41, 5.74) is -0.516. The second kappa shape index (κ2) is 5.97. The van der Waals surface area contributed by atoms with Crippen LogP contribution in [-0.4, -0.2) is 38.6 Å². The Balaban J connectivity index is 3.31. The quantitative estimate of drug-likeness (QED) is 0.760. The van der Waals surface area contributed by atoms with E-state index in [2.05, 4.69) is 4.74 Å². The van der Waals surface area contributed by atoms with Gasteiger partial charge in [0.25, 0.3) is 0 Å². The van der Waals surface area contributed by atoms with Crippen LogP contribution in [0.4, 0.5) is 4.39 Å². The van der Waals surface area contributed by atoms with E-state index in [9.17, 15) is 22.4 Å². The molecule has 0 heterocycles. The zero-order chi connectivity index (χ0) is 15.5. The number of carbonyl (C=O) groups is 2. The van der Waals surface area contributed by atoms with Crippen molar-refractivity contribution in [3.8, 4) is 0 Å². The van der Waals surface area contributed by atoms with Crippen molar-refractivity contribution >= 4 is 22.0 Å². The number of esters is 1. The lowest BCUT2D eigenvalue weighted by molar-refractivity contribution is -0.138. The molecule has 0 radical (unpaired) electrons. The summed E-state index contributed by atoms with van der Waals surface area (Å²) in [6, 6.07) is 0.993. The minimum Gasteiger partial charge on any atom is -0.480 e. The minimum absolute atomic E-state index is 0.516. The first-order chi connectivity index (χ1) is 9.19. The number of benzene rings is 1. The number of nitrogens with one attached hydrogen (secondary N) is 1. The molecule has 2 N–H and O–H groups in total. The van der Waals surface area contributed by atoms with Crippen molar-refractivity contribution < 1.29 is 32.2 Å². The maximum absolute atomic E-state index is 13.1. The average Bonchev–Trinajstić information content (AvgIpc) is 2.36. The zero-order valence-electron chi connectivity index (χ0n) is 10.6. The summed E-state index contributed by atoms with van der Waals surface area (Å²) in [5, 5.41) is 8.68. The molecule has 0 aliphatic heterocycles. The SMILES string of the molecule is COC(=O)c1cc(F)ccc1S(=O)(=O)NC(C)C(=O)O. The largest absolute Gasteiger partial charge is 0.480 e. The van der Waals surface area contributed by atoms with Crippen LogP contribution < -0.4 is 4.72 Å². The van der Waals surface area contributed by atoms with Gasteiger partial charge in [0.05, 0.1) is 17.6 Å². The molecule has 1 aromatic carbocycles. The number of carboxylic acid groups (broad SMARTS) is 1. The monoisotopic (exact) mass is 305 g/mol. The second-order valence-corrected chi connectivity index (χ2v) is 5.50. The topological polar surface area (TPSA) is 110 Å². The van der Waals surface area contributed by atoms with Crippen LogP contribution in [0.25, 0.3) is 0 Å². The number of methoxy groups -OCH3 is 1. The smallest absolute Gasteiger partial charge is 0.339 e.